The average molecular weight is 660 g/mol. The maximum Gasteiger partial charge on any atom is 0.318 e. The molecule has 0 radical (unpaired) electrons. The molecule has 2 aliphatic heterocycles. The standard InChI is InChI=1S/C23H20ClF2N7OS.C5H11N.C2H5NO/c1-32-9-11(10-32)33(7-3-6-27)21-13-8-14(24)16(17(26)18(13)30-23(31-21)34-2)12-4-5-15(25)20-19(12)29-22(28)35-20;1-6-4-2-3-5-6;3-1-2-4/h4-5,8,11H,3,7,9-10H2,1-2H3,(H2,28,29);2-5H2,1H3;2H,1,3H2. The van der Waals surface area contributed by atoms with Gasteiger partial charge in [-0.3, -0.25) is 0 Å². The zero-order chi connectivity index (χ0) is 32.7. The van der Waals surface area contributed by atoms with Gasteiger partial charge in [0.2, 0.25) is 0 Å². The number of rotatable bonds is 7. The number of anilines is 2. The van der Waals surface area contributed by atoms with E-state index in [0.717, 1.165) is 24.4 Å². The van der Waals surface area contributed by atoms with Gasteiger partial charge in [-0.15, -0.1) is 0 Å². The summed E-state index contributed by atoms with van der Waals surface area (Å²) in [6, 6.07) is 6.49. The monoisotopic (exact) mass is 659 g/mol. The van der Waals surface area contributed by atoms with Crippen molar-refractivity contribution in [3.05, 3.63) is 34.9 Å². The largest absolute Gasteiger partial charge is 0.467 e. The van der Waals surface area contributed by atoms with Crippen molar-refractivity contribution in [1.29, 1.82) is 5.26 Å². The number of nitrogen functional groups attached to an aromatic ring is 1. The van der Waals surface area contributed by atoms with Crippen molar-refractivity contribution in [3.63, 3.8) is 0 Å². The number of aldehydes is 1. The highest BCUT2D eigenvalue weighted by atomic mass is 35.5. The fraction of sp³-hybridized carbons (Fsp3) is 0.433. The Kier molecular flexibility index (Phi) is 11.8. The number of nitrogens with zero attached hydrogens (tertiary/aromatic N) is 7. The van der Waals surface area contributed by atoms with Crippen LogP contribution in [0.25, 0.3) is 32.2 Å². The SMILES string of the molecule is CN1CCCC1.COc1nc(N(CCC#N)C2CN(C)C2)c2cc(Cl)c(-c3ccc(F)c4sc(N)nc34)c(F)c2n1.NCC=O. The number of aromatic nitrogens is 3. The molecule has 0 amide bonds. The number of thiazole rings is 1. The molecule has 0 spiro atoms. The normalized spacial score (nSPS) is 15.1. The minimum atomic E-state index is -0.708. The van der Waals surface area contributed by atoms with E-state index in [1.165, 1.54) is 45.2 Å². The van der Waals surface area contributed by atoms with Crippen LogP contribution in [0.2, 0.25) is 5.02 Å². The molecule has 4 aromatic rings. The highest BCUT2D eigenvalue weighted by Crippen LogP contribution is 2.43. The smallest absolute Gasteiger partial charge is 0.318 e. The van der Waals surface area contributed by atoms with Crippen molar-refractivity contribution >= 4 is 61.3 Å². The number of benzene rings is 2. The van der Waals surface area contributed by atoms with Crippen LogP contribution in [-0.4, -0.2) is 97.6 Å². The quantitative estimate of drug-likeness (QED) is 0.273. The molecule has 0 atom stereocenters. The van der Waals surface area contributed by atoms with E-state index < -0.39 is 11.6 Å². The summed E-state index contributed by atoms with van der Waals surface area (Å²) in [5.41, 5.74) is 11.0. The van der Waals surface area contributed by atoms with Gasteiger partial charge in [0.05, 0.1) is 40.9 Å². The highest BCUT2D eigenvalue weighted by molar-refractivity contribution is 7.22. The van der Waals surface area contributed by atoms with Gasteiger partial charge in [-0.1, -0.05) is 22.9 Å². The first-order valence-electron chi connectivity index (χ1n) is 14.4. The second kappa shape index (κ2) is 15.5. The Morgan fingerprint density at radius 2 is 1.87 bits per heavy atom. The van der Waals surface area contributed by atoms with Crippen molar-refractivity contribution in [2.75, 3.05) is 71.1 Å². The maximum absolute atomic E-state index is 16.2. The molecule has 0 bridgehead atoms. The molecule has 240 valence electrons. The average Bonchev–Trinajstić information content (AvgIpc) is 3.66. The van der Waals surface area contributed by atoms with Crippen LogP contribution in [0.3, 0.4) is 0 Å². The Morgan fingerprint density at radius 3 is 2.42 bits per heavy atom. The maximum atomic E-state index is 16.2. The summed E-state index contributed by atoms with van der Waals surface area (Å²) in [4.78, 5) is 28.5. The van der Waals surface area contributed by atoms with Crippen molar-refractivity contribution in [2.24, 2.45) is 5.73 Å². The van der Waals surface area contributed by atoms with Crippen molar-refractivity contribution in [1.82, 2.24) is 24.8 Å². The molecule has 6 rings (SSSR count). The number of hydrogen-bond donors (Lipinski definition) is 2. The molecule has 2 aromatic heterocycles. The number of likely N-dealkylation sites (tertiary alicyclic amines) is 2. The predicted molar refractivity (Wildman–Crippen MR) is 175 cm³/mol. The Bertz CT molecular complexity index is 1690. The molecule has 2 fully saturated rings. The highest BCUT2D eigenvalue weighted by Gasteiger charge is 2.32. The summed E-state index contributed by atoms with van der Waals surface area (Å²) in [7, 11) is 5.57. The summed E-state index contributed by atoms with van der Waals surface area (Å²) < 4.78 is 36.0. The van der Waals surface area contributed by atoms with Crippen LogP contribution in [0.15, 0.2) is 18.2 Å². The van der Waals surface area contributed by atoms with E-state index in [-0.39, 0.29) is 56.5 Å². The van der Waals surface area contributed by atoms with Crippen molar-refractivity contribution in [2.45, 2.75) is 25.3 Å². The third kappa shape index (κ3) is 7.74. The fourth-order valence-electron chi connectivity index (χ4n) is 5.28. The summed E-state index contributed by atoms with van der Waals surface area (Å²) in [5, 5.41) is 9.84. The lowest BCUT2D eigenvalue weighted by atomic mass is 10.0. The van der Waals surface area contributed by atoms with Crippen molar-refractivity contribution < 1.29 is 18.3 Å². The molecule has 11 nitrogen and oxygen atoms in total. The molecule has 0 saturated carbocycles. The molecule has 2 aliphatic rings. The molecule has 15 heteroatoms. The van der Waals surface area contributed by atoms with Crippen molar-refractivity contribution in [3.8, 4) is 23.2 Å². The number of methoxy groups -OCH3 is 1. The second-order valence-corrected chi connectivity index (χ2v) is 12.1. The summed E-state index contributed by atoms with van der Waals surface area (Å²) in [6.45, 7) is 4.72. The Hall–Kier alpha value is -3.74. The number of nitriles is 1. The molecule has 0 unspecified atom stereocenters. The van der Waals surface area contributed by atoms with Gasteiger partial charge < -0.3 is 35.7 Å². The molecule has 45 heavy (non-hydrogen) atoms. The van der Waals surface area contributed by atoms with Crippen LogP contribution in [0, 0.1) is 23.0 Å². The van der Waals surface area contributed by atoms with Crippen LogP contribution >= 0.6 is 22.9 Å². The van der Waals surface area contributed by atoms with Gasteiger partial charge in [-0.05, 0) is 58.2 Å². The summed E-state index contributed by atoms with van der Waals surface area (Å²) in [5.74, 6) is -0.769. The van der Waals surface area contributed by atoms with E-state index in [1.807, 2.05) is 11.9 Å². The van der Waals surface area contributed by atoms with Gasteiger partial charge in [0.25, 0.3) is 0 Å². The van der Waals surface area contributed by atoms with Crippen LogP contribution in [0.1, 0.15) is 19.3 Å². The lowest BCUT2D eigenvalue weighted by Gasteiger charge is -2.44. The number of fused-ring (bicyclic) bond motifs is 2. The fourth-order valence-corrected chi connectivity index (χ4v) is 6.34. The minimum absolute atomic E-state index is 0.00145. The zero-order valence-electron chi connectivity index (χ0n) is 25.4. The zero-order valence-corrected chi connectivity index (χ0v) is 27.0. The van der Waals surface area contributed by atoms with Crippen LogP contribution in [0.5, 0.6) is 6.01 Å². The summed E-state index contributed by atoms with van der Waals surface area (Å²) in [6.07, 6.45) is 3.74. The molecule has 2 aromatic carbocycles. The number of carbonyl (C=O) groups excluding carboxylic acids is 1. The third-order valence-electron chi connectivity index (χ3n) is 7.45. The van der Waals surface area contributed by atoms with Gasteiger partial charge in [-0.25, -0.2) is 13.8 Å². The van der Waals surface area contributed by atoms with E-state index in [0.29, 0.717) is 29.6 Å². The molecular formula is C30H36ClF2N9O2S. The van der Waals surface area contributed by atoms with Gasteiger partial charge in [0.1, 0.15) is 23.4 Å². The Labute approximate surface area is 269 Å². The van der Waals surface area contributed by atoms with Gasteiger partial charge in [-0.2, -0.15) is 15.2 Å². The Morgan fingerprint density at radius 1 is 1.18 bits per heavy atom. The van der Waals surface area contributed by atoms with E-state index in [2.05, 4.69) is 43.6 Å². The molecule has 0 aliphatic carbocycles. The lowest BCUT2D eigenvalue weighted by Crippen LogP contribution is -2.58. The van der Waals surface area contributed by atoms with E-state index in [9.17, 15) is 9.65 Å². The van der Waals surface area contributed by atoms with E-state index in [1.54, 1.807) is 6.07 Å². The van der Waals surface area contributed by atoms with Gasteiger partial charge >= 0.3 is 6.01 Å². The van der Waals surface area contributed by atoms with E-state index in [4.69, 9.17) is 26.9 Å². The van der Waals surface area contributed by atoms with Crippen LogP contribution in [0.4, 0.5) is 19.7 Å². The first kappa shape index (κ1) is 34.1. The van der Waals surface area contributed by atoms with Gasteiger partial charge in [0, 0.05) is 42.7 Å². The predicted octanol–water partition coefficient (Wildman–Crippen LogP) is 4.32. The number of hydrogen-bond acceptors (Lipinski definition) is 12. The number of likely N-dealkylation sites (N-methyl/N-ethyl adjacent to an activating group) is 1. The molecule has 4 N–H and O–H groups in total. The number of carbonyl (C=O) groups is 1. The minimum Gasteiger partial charge on any atom is -0.467 e. The number of nitrogens with two attached hydrogens (primary N) is 2. The Balaban J connectivity index is 0.000000396. The first-order valence-corrected chi connectivity index (χ1v) is 15.6. The van der Waals surface area contributed by atoms with Gasteiger partial charge in [0.15, 0.2) is 10.9 Å². The topological polar surface area (TPSA) is 151 Å². The molecule has 2 saturated heterocycles. The van der Waals surface area contributed by atoms with E-state index >= 15 is 4.39 Å². The van der Waals surface area contributed by atoms with Crippen LogP contribution < -0.4 is 21.1 Å². The first-order chi connectivity index (χ1) is 21.6. The van der Waals surface area contributed by atoms with Crippen LogP contribution in [-0.2, 0) is 4.79 Å². The lowest BCUT2D eigenvalue weighted by molar-refractivity contribution is -0.106. The third-order valence-corrected chi connectivity index (χ3v) is 8.65. The molecular weight excluding hydrogens is 624 g/mol. The number of halogens is 3. The molecule has 4 heterocycles. The number of ether oxygens (including phenoxy) is 1. The second-order valence-electron chi connectivity index (χ2n) is 10.7. The summed E-state index contributed by atoms with van der Waals surface area (Å²) >= 11 is 7.62.